The molecule has 0 aliphatic carbocycles. The quantitative estimate of drug-likeness (QED) is 0.854. The van der Waals surface area contributed by atoms with Crippen molar-refractivity contribution in [3.05, 3.63) is 59.8 Å². The third-order valence-corrected chi connectivity index (χ3v) is 3.89. The molecule has 0 bridgehead atoms. The third-order valence-electron chi connectivity index (χ3n) is 3.89. The van der Waals surface area contributed by atoms with E-state index < -0.39 is 11.5 Å². The molecule has 2 amide bonds. The topological polar surface area (TPSA) is 71.3 Å². The lowest BCUT2D eigenvalue weighted by Crippen LogP contribution is -2.50. The molecule has 6 heteroatoms. The van der Waals surface area contributed by atoms with Gasteiger partial charge in [-0.3, -0.25) is 9.59 Å². The fourth-order valence-corrected chi connectivity index (χ4v) is 2.18. The van der Waals surface area contributed by atoms with Crippen LogP contribution in [-0.2, 0) is 21.5 Å². The lowest BCUT2D eigenvalue weighted by atomic mass is 9.83. The molecule has 0 fully saturated rings. The van der Waals surface area contributed by atoms with E-state index in [1.54, 1.807) is 45.0 Å². The Morgan fingerprint density at radius 3 is 2.46 bits per heavy atom. The number of nitrogens with one attached hydrogen (secondary N) is 2. The van der Waals surface area contributed by atoms with Crippen molar-refractivity contribution in [3.63, 3.8) is 0 Å². The van der Waals surface area contributed by atoms with Crippen molar-refractivity contribution in [3.8, 4) is 0 Å². The Kier molecular flexibility index (Phi) is 5.39. The van der Waals surface area contributed by atoms with E-state index in [0.29, 0.717) is 11.3 Å². The molecule has 1 aromatic heterocycles. The van der Waals surface area contributed by atoms with E-state index in [0.717, 1.165) is 0 Å². The highest BCUT2D eigenvalue weighted by molar-refractivity contribution is 5.92. The van der Waals surface area contributed by atoms with Gasteiger partial charge in [-0.05, 0) is 50.6 Å². The Morgan fingerprint density at radius 2 is 1.88 bits per heavy atom. The van der Waals surface area contributed by atoms with Gasteiger partial charge in [0.2, 0.25) is 11.8 Å². The number of carbonyl (C=O) groups excluding carboxylic acids is 2. The fraction of sp³-hybridized carbons (Fsp3) is 0.333. The summed E-state index contributed by atoms with van der Waals surface area (Å²) < 4.78 is 18.2. The van der Waals surface area contributed by atoms with Crippen molar-refractivity contribution < 1.29 is 18.4 Å². The van der Waals surface area contributed by atoms with Crippen molar-refractivity contribution in [2.75, 3.05) is 0 Å². The van der Waals surface area contributed by atoms with Gasteiger partial charge in [0.05, 0.1) is 18.2 Å². The van der Waals surface area contributed by atoms with Crippen molar-refractivity contribution in [2.24, 2.45) is 0 Å². The number of amides is 2. The predicted octanol–water partition coefficient (Wildman–Crippen LogP) is 2.52. The van der Waals surface area contributed by atoms with Crippen LogP contribution in [0.25, 0.3) is 0 Å². The first-order valence-corrected chi connectivity index (χ1v) is 7.68. The van der Waals surface area contributed by atoms with Crippen LogP contribution in [0.5, 0.6) is 0 Å². The van der Waals surface area contributed by atoms with Crippen LogP contribution in [0.1, 0.15) is 32.1 Å². The van der Waals surface area contributed by atoms with Crippen LogP contribution in [0.15, 0.2) is 47.1 Å². The molecule has 0 spiro atoms. The summed E-state index contributed by atoms with van der Waals surface area (Å²) in [5.41, 5.74) is -0.215. The highest BCUT2D eigenvalue weighted by atomic mass is 19.1. The molecule has 2 N–H and O–H groups in total. The average Bonchev–Trinajstić information content (AvgIpc) is 3.06. The number of rotatable bonds is 6. The van der Waals surface area contributed by atoms with Gasteiger partial charge in [-0.2, -0.15) is 0 Å². The molecule has 0 radical (unpaired) electrons. The lowest BCUT2D eigenvalue weighted by Gasteiger charge is -2.26. The van der Waals surface area contributed by atoms with E-state index in [9.17, 15) is 14.0 Å². The largest absolute Gasteiger partial charge is 0.467 e. The van der Waals surface area contributed by atoms with Gasteiger partial charge in [0.15, 0.2) is 0 Å². The number of hydrogen-bond acceptors (Lipinski definition) is 3. The summed E-state index contributed by atoms with van der Waals surface area (Å²) in [7, 11) is 0. The highest BCUT2D eigenvalue weighted by Crippen LogP contribution is 2.23. The van der Waals surface area contributed by atoms with E-state index in [1.807, 2.05) is 0 Å². The van der Waals surface area contributed by atoms with Gasteiger partial charge >= 0.3 is 0 Å². The molecule has 0 saturated carbocycles. The number of benzene rings is 1. The summed E-state index contributed by atoms with van der Waals surface area (Å²) in [5.74, 6) is -0.349. The van der Waals surface area contributed by atoms with E-state index >= 15 is 0 Å². The third kappa shape index (κ3) is 4.22. The summed E-state index contributed by atoms with van der Waals surface area (Å²) in [5, 5.41) is 5.38. The van der Waals surface area contributed by atoms with E-state index in [4.69, 9.17) is 4.42 Å². The van der Waals surface area contributed by atoms with Gasteiger partial charge in [-0.1, -0.05) is 12.1 Å². The van der Waals surface area contributed by atoms with Gasteiger partial charge in [0, 0.05) is 0 Å². The van der Waals surface area contributed by atoms with Gasteiger partial charge in [-0.15, -0.1) is 0 Å². The second-order valence-electron chi connectivity index (χ2n) is 6.12. The summed E-state index contributed by atoms with van der Waals surface area (Å²) >= 11 is 0. The minimum Gasteiger partial charge on any atom is -0.467 e. The zero-order chi connectivity index (χ0) is 17.7. The summed E-state index contributed by atoms with van der Waals surface area (Å²) in [6.07, 6.45) is 1.53. The SMILES string of the molecule is CC(NC(=O)C(C)(C)c1ccc(F)cc1)C(=O)NCc1ccco1. The molecule has 2 rings (SSSR count). The van der Waals surface area contributed by atoms with Crippen molar-refractivity contribution >= 4 is 11.8 Å². The second kappa shape index (κ2) is 7.29. The maximum absolute atomic E-state index is 13.0. The van der Waals surface area contributed by atoms with Crippen molar-refractivity contribution in [1.82, 2.24) is 10.6 Å². The summed E-state index contributed by atoms with van der Waals surface area (Å²) in [4.78, 5) is 24.6. The molecule has 2 aromatic rings. The maximum Gasteiger partial charge on any atom is 0.242 e. The zero-order valence-corrected chi connectivity index (χ0v) is 13.9. The Bertz CT molecular complexity index is 694. The standard InChI is InChI=1S/C18H21FN2O3/c1-12(16(22)20-11-15-5-4-10-24-15)21-17(23)18(2,3)13-6-8-14(19)9-7-13/h4-10,12H,11H2,1-3H3,(H,20,22)(H,21,23). The summed E-state index contributed by atoms with van der Waals surface area (Å²) in [6.45, 7) is 5.32. The first kappa shape index (κ1) is 17.7. The highest BCUT2D eigenvalue weighted by Gasteiger charge is 2.31. The lowest BCUT2D eigenvalue weighted by molar-refractivity contribution is -0.131. The molecular formula is C18H21FN2O3. The van der Waals surface area contributed by atoms with Gasteiger partial charge < -0.3 is 15.1 Å². The van der Waals surface area contributed by atoms with Gasteiger partial charge in [0.1, 0.15) is 17.6 Å². The van der Waals surface area contributed by atoms with Crippen molar-refractivity contribution in [1.29, 1.82) is 0 Å². The molecule has 0 aliphatic rings. The molecule has 1 atom stereocenters. The number of hydrogen-bond donors (Lipinski definition) is 2. The first-order valence-electron chi connectivity index (χ1n) is 7.68. The minimum atomic E-state index is -0.886. The van der Waals surface area contributed by atoms with Crippen LogP contribution >= 0.6 is 0 Å². The van der Waals surface area contributed by atoms with Crippen LogP contribution < -0.4 is 10.6 Å². The number of furan rings is 1. The van der Waals surface area contributed by atoms with E-state index in [1.165, 1.54) is 18.4 Å². The molecule has 0 aliphatic heterocycles. The Hall–Kier alpha value is -2.63. The van der Waals surface area contributed by atoms with Crippen molar-refractivity contribution in [2.45, 2.75) is 38.8 Å². The van der Waals surface area contributed by atoms with Crippen LogP contribution in [-0.4, -0.2) is 17.9 Å². The molecule has 1 aromatic carbocycles. The van der Waals surface area contributed by atoms with Crippen LogP contribution in [0.3, 0.4) is 0 Å². The molecule has 24 heavy (non-hydrogen) atoms. The minimum absolute atomic E-state index is 0.257. The Labute approximate surface area is 140 Å². The van der Waals surface area contributed by atoms with E-state index in [2.05, 4.69) is 10.6 Å². The molecule has 5 nitrogen and oxygen atoms in total. The van der Waals surface area contributed by atoms with Crippen LogP contribution in [0.4, 0.5) is 4.39 Å². The molecule has 1 unspecified atom stereocenters. The monoisotopic (exact) mass is 332 g/mol. The number of halogens is 1. The second-order valence-corrected chi connectivity index (χ2v) is 6.12. The zero-order valence-electron chi connectivity index (χ0n) is 13.9. The maximum atomic E-state index is 13.0. The molecule has 128 valence electrons. The normalized spacial score (nSPS) is 12.5. The first-order chi connectivity index (χ1) is 11.3. The number of carbonyl (C=O) groups is 2. The average molecular weight is 332 g/mol. The fourth-order valence-electron chi connectivity index (χ4n) is 2.18. The molecule has 0 saturated heterocycles. The smallest absolute Gasteiger partial charge is 0.242 e. The van der Waals surface area contributed by atoms with Crippen LogP contribution in [0, 0.1) is 5.82 Å². The van der Waals surface area contributed by atoms with Crippen LogP contribution in [0.2, 0.25) is 0 Å². The Morgan fingerprint density at radius 1 is 1.21 bits per heavy atom. The summed E-state index contributed by atoms with van der Waals surface area (Å²) in [6, 6.07) is 8.53. The van der Waals surface area contributed by atoms with Gasteiger partial charge in [0.25, 0.3) is 0 Å². The molecular weight excluding hydrogens is 311 g/mol. The Balaban J connectivity index is 1.94. The van der Waals surface area contributed by atoms with Gasteiger partial charge in [-0.25, -0.2) is 4.39 Å². The molecule has 1 heterocycles. The van der Waals surface area contributed by atoms with E-state index in [-0.39, 0.29) is 24.2 Å². The predicted molar refractivity (Wildman–Crippen MR) is 87.6 cm³/mol.